The summed E-state index contributed by atoms with van der Waals surface area (Å²) >= 11 is 3.35. The maximum Gasteiger partial charge on any atom is 0.238 e. The monoisotopic (exact) mass is 339 g/mol. The van der Waals surface area contributed by atoms with Gasteiger partial charge in [0.1, 0.15) is 0 Å². The SMILES string of the molecule is CNC(=O)C1CCCN1CC(=O)Nc1ccc(Br)cc1. The van der Waals surface area contributed by atoms with E-state index >= 15 is 0 Å². The zero-order valence-electron chi connectivity index (χ0n) is 11.4. The Morgan fingerprint density at radius 3 is 2.70 bits per heavy atom. The van der Waals surface area contributed by atoms with Gasteiger partial charge in [0.25, 0.3) is 0 Å². The van der Waals surface area contributed by atoms with Gasteiger partial charge in [0.15, 0.2) is 0 Å². The molecule has 1 aliphatic heterocycles. The van der Waals surface area contributed by atoms with Crippen LogP contribution in [0.4, 0.5) is 5.69 Å². The molecule has 20 heavy (non-hydrogen) atoms. The Labute approximate surface area is 126 Å². The summed E-state index contributed by atoms with van der Waals surface area (Å²) in [5.74, 6) is -0.109. The molecular weight excluding hydrogens is 322 g/mol. The van der Waals surface area contributed by atoms with Crippen LogP contribution in [-0.2, 0) is 9.59 Å². The molecule has 1 aromatic carbocycles. The van der Waals surface area contributed by atoms with E-state index in [2.05, 4.69) is 26.6 Å². The molecule has 0 radical (unpaired) electrons. The standard InChI is InChI=1S/C14H18BrN3O2/c1-16-14(20)12-3-2-8-18(12)9-13(19)17-11-6-4-10(15)5-7-11/h4-7,12H,2-3,8-9H2,1H3,(H,16,20)(H,17,19). The van der Waals surface area contributed by atoms with Gasteiger partial charge in [-0.25, -0.2) is 0 Å². The minimum Gasteiger partial charge on any atom is -0.358 e. The number of carbonyl (C=O) groups is 2. The second-order valence-corrected chi connectivity index (χ2v) is 5.71. The molecule has 0 saturated carbocycles. The summed E-state index contributed by atoms with van der Waals surface area (Å²) in [5, 5.41) is 5.49. The molecule has 1 fully saturated rings. The number of rotatable bonds is 4. The van der Waals surface area contributed by atoms with Crippen molar-refractivity contribution >= 4 is 33.4 Å². The average Bonchev–Trinajstić information content (AvgIpc) is 2.88. The van der Waals surface area contributed by atoms with Crippen LogP contribution >= 0.6 is 15.9 Å². The number of anilines is 1. The van der Waals surface area contributed by atoms with E-state index in [1.165, 1.54) is 0 Å². The van der Waals surface area contributed by atoms with Gasteiger partial charge in [0, 0.05) is 17.2 Å². The van der Waals surface area contributed by atoms with E-state index in [1.807, 2.05) is 29.2 Å². The largest absolute Gasteiger partial charge is 0.358 e. The molecule has 1 aromatic rings. The lowest BCUT2D eigenvalue weighted by molar-refractivity contribution is -0.126. The first kappa shape index (κ1) is 15.0. The Kier molecular flexibility index (Phi) is 5.14. The lowest BCUT2D eigenvalue weighted by Crippen LogP contribution is -2.45. The lowest BCUT2D eigenvalue weighted by Gasteiger charge is -2.22. The van der Waals surface area contributed by atoms with Crippen LogP contribution in [0.15, 0.2) is 28.7 Å². The quantitative estimate of drug-likeness (QED) is 0.875. The van der Waals surface area contributed by atoms with Crippen molar-refractivity contribution in [3.05, 3.63) is 28.7 Å². The molecule has 0 bridgehead atoms. The minimum atomic E-state index is -0.185. The van der Waals surface area contributed by atoms with Crippen molar-refractivity contribution in [2.24, 2.45) is 0 Å². The number of hydrogen-bond acceptors (Lipinski definition) is 3. The van der Waals surface area contributed by atoms with Crippen molar-refractivity contribution in [1.29, 1.82) is 0 Å². The van der Waals surface area contributed by atoms with Crippen LogP contribution in [0, 0.1) is 0 Å². The van der Waals surface area contributed by atoms with E-state index in [-0.39, 0.29) is 24.4 Å². The Bertz CT molecular complexity index is 490. The highest BCUT2D eigenvalue weighted by atomic mass is 79.9. The first-order chi connectivity index (χ1) is 9.60. The number of nitrogens with zero attached hydrogens (tertiary/aromatic N) is 1. The van der Waals surface area contributed by atoms with Gasteiger partial charge in [-0.05, 0) is 43.7 Å². The van der Waals surface area contributed by atoms with E-state index in [0.717, 1.165) is 29.5 Å². The third-order valence-electron chi connectivity index (χ3n) is 3.39. The normalized spacial score (nSPS) is 18.8. The molecule has 2 N–H and O–H groups in total. The fourth-order valence-corrected chi connectivity index (χ4v) is 2.66. The van der Waals surface area contributed by atoms with Crippen LogP contribution in [0.1, 0.15) is 12.8 Å². The summed E-state index contributed by atoms with van der Waals surface area (Å²) in [6.45, 7) is 1.03. The number of nitrogens with one attached hydrogen (secondary N) is 2. The zero-order chi connectivity index (χ0) is 14.5. The van der Waals surface area contributed by atoms with Crippen LogP contribution in [0.2, 0.25) is 0 Å². The summed E-state index contributed by atoms with van der Waals surface area (Å²) in [4.78, 5) is 25.6. The van der Waals surface area contributed by atoms with Crippen LogP contribution < -0.4 is 10.6 Å². The summed E-state index contributed by atoms with van der Waals surface area (Å²) in [5.41, 5.74) is 0.758. The highest BCUT2D eigenvalue weighted by Crippen LogP contribution is 2.18. The molecule has 1 saturated heterocycles. The number of likely N-dealkylation sites (N-methyl/N-ethyl adjacent to an activating group) is 1. The number of benzene rings is 1. The van der Waals surface area contributed by atoms with E-state index in [0.29, 0.717) is 0 Å². The molecule has 5 nitrogen and oxygen atoms in total. The molecule has 108 valence electrons. The number of amides is 2. The fraction of sp³-hybridized carbons (Fsp3) is 0.429. The van der Waals surface area contributed by atoms with Crippen molar-refractivity contribution in [2.45, 2.75) is 18.9 Å². The van der Waals surface area contributed by atoms with Crippen LogP contribution in [0.5, 0.6) is 0 Å². The number of likely N-dealkylation sites (tertiary alicyclic amines) is 1. The first-order valence-electron chi connectivity index (χ1n) is 6.61. The maximum absolute atomic E-state index is 12.0. The summed E-state index contributed by atoms with van der Waals surface area (Å²) in [7, 11) is 1.63. The minimum absolute atomic E-state index is 0.0149. The summed E-state index contributed by atoms with van der Waals surface area (Å²) in [6.07, 6.45) is 1.76. The molecule has 2 amide bonds. The summed E-state index contributed by atoms with van der Waals surface area (Å²) < 4.78 is 0.967. The van der Waals surface area contributed by atoms with Crippen LogP contribution in [-0.4, -0.2) is 42.9 Å². The second kappa shape index (κ2) is 6.85. The second-order valence-electron chi connectivity index (χ2n) is 4.80. The number of carbonyl (C=O) groups excluding carboxylic acids is 2. The molecule has 0 aromatic heterocycles. The van der Waals surface area contributed by atoms with Gasteiger partial charge in [0.2, 0.25) is 11.8 Å². The maximum atomic E-state index is 12.0. The molecule has 1 heterocycles. The molecule has 2 rings (SSSR count). The van der Waals surface area contributed by atoms with Gasteiger partial charge in [-0.15, -0.1) is 0 Å². The molecular formula is C14H18BrN3O2. The highest BCUT2D eigenvalue weighted by Gasteiger charge is 2.31. The third kappa shape index (κ3) is 3.80. The average molecular weight is 340 g/mol. The van der Waals surface area contributed by atoms with E-state index in [1.54, 1.807) is 7.05 Å². The van der Waals surface area contributed by atoms with Gasteiger partial charge >= 0.3 is 0 Å². The zero-order valence-corrected chi connectivity index (χ0v) is 12.9. The molecule has 0 aliphatic carbocycles. The lowest BCUT2D eigenvalue weighted by atomic mass is 10.2. The smallest absolute Gasteiger partial charge is 0.238 e. The van der Waals surface area contributed by atoms with E-state index in [9.17, 15) is 9.59 Å². The van der Waals surface area contributed by atoms with Crippen molar-refractivity contribution in [3.63, 3.8) is 0 Å². The molecule has 6 heteroatoms. The number of hydrogen-bond donors (Lipinski definition) is 2. The van der Waals surface area contributed by atoms with Crippen molar-refractivity contribution < 1.29 is 9.59 Å². The molecule has 0 spiro atoms. The van der Waals surface area contributed by atoms with Crippen molar-refractivity contribution in [2.75, 3.05) is 25.5 Å². The fourth-order valence-electron chi connectivity index (χ4n) is 2.40. The Morgan fingerprint density at radius 2 is 2.05 bits per heavy atom. The molecule has 1 aliphatic rings. The van der Waals surface area contributed by atoms with E-state index in [4.69, 9.17) is 0 Å². The van der Waals surface area contributed by atoms with Gasteiger partial charge in [-0.2, -0.15) is 0 Å². The Balaban J connectivity index is 1.90. The van der Waals surface area contributed by atoms with Crippen LogP contribution in [0.3, 0.4) is 0 Å². The first-order valence-corrected chi connectivity index (χ1v) is 7.40. The predicted octanol–water partition coefficient (Wildman–Crippen LogP) is 1.60. The van der Waals surface area contributed by atoms with Gasteiger partial charge in [0.05, 0.1) is 12.6 Å². The van der Waals surface area contributed by atoms with E-state index < -0.39 is 0 Å². The van der Waals surface area contributed by atoms with Crippen LogP contribution in [0.25, 0.3) is 0 Å². The Hall–Kier alpha value is -1.40. The predicted molar refractivity (Wildman–Crippen MR) is 81.4 cm³/mol. The molecule has 1 unspecified atom stereocenters. The topological polar surface area (TPSA) is 61.4 Å². The molecule has 1 atom stereocenters. The third-order valence-corrected chi connectivity index (χ3v) is 3.92. The summed E-state index contributed by atoms with van der Waals surface area (Å²) in [6, 6.07) is 7.23. The van der Waals surface area contributed by atoms with Gasteiger partial charge in [-0.3, -0.25) is 14.5 Å². The van der Waals surface area contributed by atoms with Crippen molar-refractivity contribution in [1.82, 2.24) is 10.2 Å². The van der Waals surface area contributed by atoms with Crippen molar-refractivity contribution in [3.8, 4) is 0 Å². The van der Waals surface area contributed by atoms with Gasteiger partial charge in [-0.1, -0.05) is 15.9 Å². The van der Waals surface area contributed by atoms with Gasteiger partial charge < -0.3 is 10.6 Å². The highest BCUT2D eigenvalue weighted by molar-refractivity contribution is 9.10. The Morgan fingerprint density at radius 1 is 1.35 bits per heavy atom. The number of halogens is 1.